The van der Waals surface area contributed by atoms with E-state index in [-0.39, 0.29) is 18.4 Å². The molecule has 3 aromatic carbocycles. The predicted molar refractivity (Wildman–Crippen MR) is 131 cm³/mol. The van der Waals surface area contributed by atoms with E-state index in [4.69, 9.17) is 5.10 Å². The average molecular weight is 439 g/mol. The molecule has 0 aliphatic heterocycles. The molecule has 6 nitrogen and oxygen atoms in total. The average Bonchev–Trinajstić information content (AvgIpc) is 3.22. The van der Waals surface area contributed by atoms with Gasteiger partial charge in [-0.2, -0.15) is 5.10 Å². The Balaban J connectivity index is 1.56. The highest BCUT2D eigenvalue weighted by Gasteiger charge is 2.16. The Morgan fingerprint density at radius 1 is 0.848 bits per heavy atom. The van der Waals surface area contributed by atoms with Crippen LogP contribution in [0.3, 0.4) is 0 Å². The Hall–Kier alpha value is -4.19. The first-order chi connectivity index (χ1) is 15.9. The molecule has 0 fully saturated rings. The number of nitrogens with one attached hydrogen (secondary N) is 2. The second kappa shape index (κ2) is 9.53. The molecule has 0 aliphatic rings. The first-order valence-electron chi connectivity index (χ1n) is 10.8. The van der Waals surface area contributed by atoms with E-state index < -0.39 is 0 Å². The predicted octanol–water partition coefficient (Wildman–Crippen LogP) is 4.83. The summed E-state index contributed by atoms with van der Waals surface area (Å²) in [6.07, 6.45) is 0. The van der Waals surface area contributed by atoms with Crippen molar-refractivity contribution in [1.82, 2.24) is 15.1 Å². The number of anilines is 1. The van der Waals surface area contributed by atoms with Crippen molar-refractivity contribution in [3.63, 3.8) is 0 Å². The van der Waals surface area contributed by atoms with Crippen LogP contribution < -0.4 is 10.6 Å². The summed E-state index contributed by atoms with van der Waals surface area (Å²) in [5.74, 6) is -0.0885. The summed E-state index contributed by atoms with van der Waals surface area (Å²) in [4.78, 5) is 25.1. The minimum absolute atomic E-state index is 0.147. The number of aryl methyl sites for hydroxylation is 3. The van der Waals surface area contributed by atoms with E-state index in [1.54, 1.807) is 16.8 Å². The molecule has 0 saturated carbocycles. The van der Waals surface area contributed by atoms with Crippen molar-refractivity contribution in [2.45, 2.75) is 20.8 Å². The van der Waals surface area contributed by atoms with E-state index in [0.717, 1.165) is 33.6 Å². The van der Waals surface area contributed by atoms with Crippen LogP contribution in [-0.4, -0.2) is 28.1 Å². The van der Waals surface area contributed by atoms with Gasteiger partial charge >= 0.3 is 0 Å². The van der Waals surface area contributed by atoms with Gasteiger partial charge in [0.05, 0.1) is 17.9 Å². The summed E-state index contributed by atoms with van der Waals surface area (Å²) in [5, 5.41) is 10.3. The Kier molecular flexibility index (Phi) is 6.36. The molecule has 6 heteroatoms. The third-order valence-corrected chi connectivity index (χ3v) is 5.35. The van der Waals surface area contributed by atoms with Crippen molar-refractivity contribution in [2.24, 2.45) is 0 Å². The van der Waals surface area contributed by atoms with E-state index in [1.165, 1.54) is 0 Å². The lowest BCUT2D eigenvalue weighted by Gasteiger charge is -2.12. The van der Waals surface area contributed by atoms with Crippen LogP contribution in [0.1, 0.15) is 27.0 Å². The zero-order valence-corrected chi connectivity index (χ0v) is 18.9. The molecule has 1 aromatic heterocycles. The van der Waals surface area contributed by atoms with Gasteiger partial charge in [0.15, 0.2) is 0 Å². The molecule has 166 valence electrons. The summed E-state index contributed by atoms with van der Waals surface area (Å²) >= 11 is 0. The molecule has 0 bridgehead atoms. The molecular formula is C27H26N4O2. The Labute approximate surface area is 193 Å². The topological polar surface area (TPSA) is 76.0 Å². The third kappa shape index (κ3) is 5.18. The van der Waals surface area contributed by atoms with Crippen LogP contribution in [0.25, 0.3) is 16.9 Å². The normalized spacial score (nSPS) is 10.6. The SMILES string of the molecule is Cc1ccc(C(=O)NCC(=O)Nc2cc(-c3ccccc3)nn2-c2ccc(C)cc2C)cc1. The van der Waals surface area contributed by atoms with Crippen molar-refractivity contribution in [2.75, 3.05) is 11.9 Å². The van der Waals surface area contributed by atoms with Gasteiger partial charge in [-0.3, -0.25) is 9.59 Å². The maximum atomic E-state index is 12.7. The second-order valence-corrected chi connectivity index (χ2v) is 8.08. The minimum Gasteiger partial charge on any atom is -0.343 e. The van der Waals surface area contributed by atoms with Gasteiger partial charge in [-0.05, 0) is 44.5 Å². The number of aromatic nitrogens is 2. The number of carbonyl (C=O) groups is 2. The molecule has 0 radical (unpaired) electrons. The molecule has 4 aromatic rings. The van der Waals surface area contributed by atoms with Crippen molar-refractivity contribution < 1.29 is 9.59 Å². The maximum Gasteiger partial charge on any atom is 0.251 e. The van der Waals surface area contributed by atoms with Crippen molar-refractivity contribution in [3.8, 4) is 16.9 Å². The minimum atomic E-state index is -0.332. The van der Waals surface area contributed by atoms with Gasteiger partial charge in [0, 0.05) is 17.2 Å². The maximum absolute atomic E-state index is 12.7. The number of amides is 2. The molecule has 4 rings (SSSR count). The van der Waals surface area contributed by atoms with Crippen LogP contribution in [0.2, 0.25) is 0 Å². The lowest BCUT2D eigenvalue weighted by Crippen LogP contribution is -2.33. The fourth-order valence-electron chi connectivity index (χ4n) is 3.60. The van der Waals surface area contributed by atoms with E-state index in [0.29, 0.717) is 11.4 Å². The van der Waals surface area contributed by atoms with Gasteiger partial charge in [0.2, 0.25) is 5.91 Å². The highest BCUT2D eigenvalue weighted by atomic mass is 16.2. The molecule has 1 heterocycles. The molecule has 33 heavy (non-hydrogen) atoms. The first-order valence-corrected chi connectivity index (χ1v) is 10.8. The zero-order chi connectivity index (χ0) is 23.4. The number of nitrogens with zero attached hydrogens (tertiary/aromatic N) is 2. The molecular weight excluding hydrogens is 412 g/mol. The lowest BCUT2D eigenvalue weighted by molar-refractivity contribution is -0.115. The smallest absolute Gasteiger partial charge is 0.251 e. The van der Waals surface area contributed by atoms with Crippen molar-refractivity contribution >= 4 is 17.6 Å². The van der Waals surface area contributed by atoms with Crippen LogP contribution in [0, 0.1) is 20.8 Å². The number of hydrogen-bond donors (Lipinski definition) is 2. The summed E-state index contributed by atoms with van der Waals surface area (Å²) in [7, 11) is 0. The summed E-state index contributed by atoms with van der Waals surface area (Å²) in [6, 6.07) is 24.9. The second-order valence-electron chi connectivity index (χ2n) is 8.08. The zero-order valence-electron chi connectivity index (χ0n) is 18.9. The largest absolute Gasteiger partial charge is 0.343 e. The molecule has 0 atom stereocenters. The monoisotopic (exact) mass is 438 g/mol. The highest BCUT2D eigenvalue weighted by molar-refractivity contribution is 5.99. The molecule has 0 spiro atoms. The Morgan fingerprint density at radius 3 is 2.24 bits per heavy atom. The van der Waals surface area contributed by atoms with E-state index in [1.807, 2.05) is 81.4 Å². The molecule has 0 unspecified atom stereocenters. The summed E-state index contributed by atoms with van der Waals surface area (Å²) < 4.78 is 1.73. The Bertz CT molecular complexity index is 1290. The molecule has 2 N–H and O–H groups in total. The Morgan fingerprint density at radius 2 is 1.55 bits per heavy atom. The van der Waals surface area contributed by atoms with Crippen LogP contribution in [0.15, 0.2) is 78.9 Å². The number of rotatable bonds is 6. The van der Waals surface area contributed by atoms with Crippen LogP contribution in [0.4, 0.5) is 5.82 Å². The third-order valence-electron chi connectivity index (χ3n) is 5.35. The molecule has 2 amide bonds. The van der Waals surface area contributed by atoms with Gasteiger partial charge in [-0.1, -0.05) is 65.7 Å². The van der Waals surface area contributed by atoms with Crippen LogP contribution in [-0.2, 0) is 4.79 Å². The fraction of sp³-hybridized carbons (Fsp3) is 0.148. The van der Waals surface area contributed by atoms with Crippen molar-refractivity contribution in [3.05, 3.63) is 101 Å². The van der Waals surface area contributed by atoms with E-state index in [2.05, 4.69) is 16.7 Å². The number of benzene rings is 3. The number of carbonyl (C=O) groups excluding carboxylic acids is 2. The van der Waals surface area contributed by atoms with Gasteiger partial charge in [-0.25, -0.2) is 4.68 Å². The molecule has 0 aliphatic carbocycles. The van der Waals surface area contributed by atoms with E-state index >= 15 is 0 Å². The lowest BCUT2D eigenvalue weighted by atomic mass is 10.1. The number of hydrogen-bond acceptors (Lipinski definition) is 3. The van der Waals surface area contributed by atoms with Gasteiger partial charge in [0.1, 0.15) is 5.82 Å². The van der Waals surface area contributed by atoms with Gasteiger partial charge in [0.25, 0.3) is 5.91 Å². The highest BCUT2D eigenvalue weighted by Crippen LogP contribution is 2.26. The van der Waals surface area contributed by atoms with Crippen molar-refractivity contribution in [1.29, 1.82) is 0 Å². The van der Waals surface area contributed by atoms with Crippen LogP contribution in [0.5, 0.6) is 0 Å². The van der Waals surface area contributed by atoms with Gasteiger partial charge < -0.3 is 10.6 Å². The first kappa shape index (κ1) is 22.0. The summed E-state index contributed by atoms with van der Waals surface area (Å²) in [5.41, 5.74) is 6.34. The molecule has 0 saturated heterocycles. The van der Waals surface area contributed by atoms with Crippen LogP contribution >= 0.6 is 0 Å². The van der Waals surface area contributed by atoms with Gasteiger partial charge in [-0.15, -0.1) is 0 Å². The quantitative estimate of drug-likeness (QED) is 0.453. The fourth-order valence-corrected chi connectivity index (χ4v) is 3.60. The standard InChI is InChI=1S/C27H26N4O2/c1-18-9-12-22(13-10-18)27(33)28-17-26(32)29-25-16-23(21-7-5-4-6-8-21)30-31(25)24-14-11-19(2)15-20(24)3/h4-16H,17H2,1-3H3,(H,28,33)(H,29,32). The summed E-state index contributed by atoms with van der Waals surface area (Å²) in [6.45, 7) is 5.86. The van der Waals surface area contributed by atoms with E-state index in [9.17, 15) is 9.59 Å².